The Bertz CT molecular complexity index is 920. The highest BCUT2D eigenvalue weighted by Gasteiger charge is 2.17. The molecule has 0 saturated carbocycles. The number of hydrogen-bond donors (Lipinski definition) is 2. The number of carbonyl (C=O) groups is 1. The van der Waals surface area contributed by atoms with Gasteiger partial charge in [0, 0.05) is 23.7 Å². The molecule has 0 bridgehead atoms. The van der Waals surface area contributed by atoms with Crippen molar-refractivity contribution in [2.75, 3.05) is 0 Å². The Morgan fingerprint density at radius 2 is 1.62 bits per heavy atom. The van der Waals surface area contributed by atoms with Crippen molar-refractivity contribution in [3.05, 3.63) is 66.5 Å². The van der Waals surface area contributed by atoms with Crippen LogP contribution in [0.3, 0.4) is 0 Å². The molecule has 1 heterocycles. The summed E-state index contributed by atoms with van der Waals surface area (Å²) in [5.41, 5.74) is 4.48. The fourth-order valence-electron chi connectivity index (χ4n) is 3.70. The molecule has 5 heteroatoms. The smallest absolute Gasteiger partial charge is 0.404 e. The first-order chi connectivity index (χ1) is 14.1. The maximum atomic E-state index is 10.7. The number of imidazole rings is 1. The van der Waals surface area contributed by atoms with Gasteiger partial charge in [-0.25, -0.2) is 9.78 Å². The van der Waals surface area contributed by atoms with E-state index in [0.717, 1.165) is 55.0 Å². The second-order valence-electron chi connectivity index (χ2n) is 7.44. The van der Waals surface area contributed by atoms with Crippen LogP contribution in [0, 0.1) is 6.92 Å². The second kappa shape index (κ2) is 9.92. The average Bonchev–Trinajstić information content (AvgIpc) is 3.05. The second-order valence-corrected chi connectivity index (χ2v) is 7.44. The van der Waals surface area contributed by atoms with Gasteiger partial charge >= 0.3 is 6.09 Å². The zero-order chi connectivity index (χ0) is 20.6. The van der Waals surface area contributed by atoms with Crippen molar-refractivity contribution >= 4 is 6.09 Å². The normalized spacial score (nSPS) is 11.9. The standard InChI is InChI=1S/C24H29N3O2/c1-18(25-24(28)29)12-6-5-11-17-27-19(2)26-22(20-13-7-3-8-14-20)23(27)21-15-9-4-10-16-21/h3-4,7-10,13-16,18,25H,5-6,11-12,17H2,1-2H3,(H,28,29). The Morgan fingerprint density at radius 1 is 1.00 bits per heavy atom. The molecule has 0 fully saturated rings. The van der Waals surface area contributed by atoms with Gasteiger partial charge in [-0.1, -0.05) is 73.5 Å². The van der Waals surface area contributed by atoms with Gasteiger partial charge in [0.15, 0.2) is 0 Å². The number of benzene rings is 2. The molecule has 0 radical (unpaired) electrons. The molecule has 1 amide bonds. The summed E-state index contributed by atoms with van der Waals surface area (Å²) in [4.78, 5) is 15.6. The third kappa shape index (κ3) is 5.47. The highest BCUT2D eigenvalue weighted by Crippen LogP contribution is 2.33. The predicted molar refractivity (Wildman–Crippen MR) is 117 cm³/mol. The molecule has 1 atom stereocenters. The number of carboxylic acid groups (broad SMARTS) is 1. The number of aryl methyl sites for hydroxylation is 1. The number of amides is 1. The molecule has 3 rings (SSSR count). The zero-order valence-electron chi connectivity index (χ0n) is 17.1. The maximum Gasteiger partial charge on any atom is 0.404 e. The molecule has 0 spiro atoms. The van der Waals surface area contributed by atoms with E-state index in [0.29, 0.717) is 0 Å². The summed E-state index contributed by atoms with van der Waals surface area (Å²) in [5, 5.41) is 11.3. The molecule has 1 unspecified atom stereocenters. The van der Waals surface area contributed by atoms with Gasteiger partial charge in [0.05, 0.1) is 11.4 Å². The van der Waals surface area contributed by atoms with Gasteiger partial charge in [-0.3, -0.25) is 0 Å². The minimum Gasteiger partial charge on any atom is -0.465 e. The summed E-state index contributed by atoms with van der Waals surface area (Å²) in [6.07, 6.45) is 2.99. The van der Waals surface area contributed by atoms with Gasteiger partial charge in [-0.05, 0) is 26.7 Å². The molecule has 0 aliphatic carbocycles. The van der Waals surface area contributed by atoms with Crippen molar-refractivity contribution in [1.29, 1.82) is 0 Å². The third-order valence-corrected chi connectivity index (χ3v) is 5.14. The molecule has 2 aromatic carbocycles. The van der Waals surface area contributed by atoms with E-state index in [-0.39, 0.29) is 6.04 Å². The number of aromatic nitrogens is 2. The first-order valence-corrected chi connectivity index (χ1v) is 10.2. The molecule has 1 aromatic heterocycles. The summed E-state index contributed by atoms with van der Waals surface area (Å²) >= 11 is 0. The van der Waals surface area contributed by atoms with Crippen molar-refractivity contribution in [1.82, 2.24) is 14.9 Å². The van der Waals surface area contributed by atoms with Gasteiger partial charge in [0.1, 0.15) is 5.82 Å². The van der Waals surface area contributed by atoms with Crippen molar-refractivity contribution in [3.63, 3.8) is 0 Å². The van der Waals surface area contributed by atoms with Gasteiger partial charge in [-0.2, -0.15) is 0 Å². The summed E-state index contributed by atoms with van der Waals surface area (Å²) in [5.74, 6) is 1.02. The van der Waals surface area contributed by atoms with Crippen LogP contribution in [-0.4, -0.2) is 26.8 Å². The molecule has 3 aromatic rings. The number of unbranched alkanes of at least 4 members (excludes halogenated alkanes) is 2. The largest absolute Gasteiger partial charge is 0.465 e. The SMILES string of the molecule is Cc1nc(-c2ccccc2)c(-c2ccccc2)n1CCCCCC(C)NC(=O)O. The minimum atomic E-state index is -0.951. The van der Waals surface area contributed by atoms with Crippen LogP contribution < -0.4 is 5.32 Å². The van der Waals surface area contributed by atoms with E-state index < -0.39 is 6.09 Å². The van der Waals surface area contributed by atoms with Crippen molar-refractivity contribution in [2.45, 2.75) is 52.1 Å². The van der Waals surface area contributed by atoms with E-state index in [1.165, 1.54) is 5.56 Å². The summed E-state index contributed by atoms with van der Waals surface area (Å²) < 4.78 is 2.32. The molecule has 0 aliphatic heterocycles. The molecule has 0 aliphatic rings. The number of hydrogen-bond acceptors (Lipinski definition) is 2. The molecule has 2 N–H and O–H groups in total. The monoisotopic (exact) mass is 391 g/mol. The van der Waals surface area contributed by atoms with Gasteiger partial charge < -0.3 is 15.0 Å². The quantitative estimate of drug-likeness (QED) is 0.457. The van der Waals surface area contributed by atoms with Gasteiger partial charge in [-0.15, -0.1) is 0 Å². The molecule has 152 valence electrons. The number of nitrogens with one attached hydrogen (secondary N) is 1. The van der Waals surface area contributed by atoms with E-state index in [1.54, 1.807) is 0 Å². The average molecular weight is 392 g/mol. The Kier molecular flexibility index (Phi) is 7.06. The fourth-order valence-corrected chi connectivity index (χ4v) is 3.70. The van der Waals surface area contributed by atoms with Gasteiger partial charge in [0.25, 0.3) is 0 Å². The number of nitrogens with zero attached hydrogens (tertiary/aromatic N) is 2. The predicted octanol–water partition coefficient (Wildman–Crippen LogP) is 5.74. The first-order valence-electron chi connectivity index (χ1n) is 10.2. The lowest BCUT2D eigenvalue weighted by Gasteiger charge is -2.13. The van der Waals surface area contributed by atoms with Crippen molar-refractivity contribution < 1.29 is 9.90 Å². The first kappa shape index (κ1) is 20.6. The molecule has 0 saturated heterocycles. The van der Waals surface area contributed by atoms with E-state index in [9.17, 15) is 4.79 Å². The lowest BCUT2D eigenvalue weighted by atomic mass is 10.0. The van der Waals surface area contributed by atoms with Crippen LogP contribution in [0.15, 0.2) is 60.7 Å². The van der Waals surface area contributed by atoms with Crippen LogP contribution in [0.4, 0.5) is 4.79 Å². The Morgan fingerprint density at radius 3 is 2.24 bits per heavy atom. The lowest BCUT2D eigenvalue weighted by molar-refractivity contribution is 0.190. The van der Waals surface area contributed by atoms with E-state index in [2.05, 4.69) is 53.2 Å². The highest BCUT2D eigenvalue weighted by molar-refractivity contribution is 5.79. The Hall–Kier alpha value is -3.08. The molecular weight excluding hydrogens is 362 g/mol. The third-order valence-electron chi connectivity index (χ3n) is 5.14. The minimum absolute atomic E-state index is 0.00737. The molecular formula is C24H29N3O2. The summed E-state index contributed by atoms with van der Waals surface area (Å²) in [6.45, 7) is 4.88. The van der Waals surface area contributed by atoms with Crippen LogP contribution in [-0.2, 0) is 6.54 Å². The van der Waals surface area contributed by atoms with Crippen molar-refractivity contribution in [3.8, 4) is 22.5 Å². The Labute approximate surface area is 172 Å². The van der Waals surface area contributed by atoms with E-state index in [1.807, 2.05) is 31.2 Å². The fraction of sp³-hybridized carbons (Fsp3) is 0.333. The van der Waals surface area contributed by atoms with E-state index in [4.69, 9.17) is 10.1 Å². The van der Waals surface area contributed by atoms with Crippen LogP contribution >= 0.6 is 0 Å². The molecule has 5 nitrogen and oxygen atoms in total. The van der Waals surface area contributed by atoms with Gasteiger partial charge in [0.2, 0.25) is 0 Å². The lowest BCUT2D eigenvalue weighted by Crippen LogP contribution is -2.30. The number of rotatable bonds is 9. The van der Waals surface area contributed by atoms with Crippen LogP contribution in [0.2, 0.25) is 0 Å². The summed E-state index contributed by atoms with van der Waals surface area (Å²) in [7, 11) is 0. The highest BCUT2D eigenvalue weighted by atomic mass is 16.4. The van der Waals surface area contributed by atoms with Crippen LogP contribution in [0.1, 0.15) is 38.4 Å². The van der Waals surface area contributed by atoms with Crippen molar-refractivity contribution in [2.24, 2.45) is 0 Å². The van der Waals surface area contributed by atoms with E-state index >= 15 is 0 Å². The zero-order valence-corrected chi connectivity index (χ0v) is 17.1. The van der Waals surface area contributed by atoms with Crippen LogP contribution in [0.25, 0.3) is 22.5 Å². The molecule has 29 heavy (non-hydrogen) atoms. The van der Waals surface area contributed by atoms with Crippen LogP contribution in [0.5, 0.6) is 0 Å². The summed E-state index contributed by atoms with van der Waals surface area (Å²) in [6, 6.07) is 20.8. The maximum absolute atomic E-state index is 10.7. The topological polar surface area (TPSA) is 67.2 Å². The Balaban J connectivity index is 1.75.